The molecule has 2 aromatic rings. The normalized spacial score (nSPS) is 10.6. The second-order valence-corrected chi connectivity index (χ2v) is 6.28. The molecular formula is C21H30N2O2. The van der Waals surface area contributed by atoms with Gasteiger partial charge in [0, 0.05) is 5.69 Å². The maximum atomic E-state index is 5.84. The summed E-state index contributed by atoms with van der Waals surface area (Å²) >= 11 is 0. The highest BCUT2D eigenvalue weighted by molar-refractivity contribution is 5.51. The van der Waals surface area contributed by atoms with Crippen LogP contribution in [0.5, 0.6) is 11.5 Å². The maximum absolute atomic E-state index is 5.84. The van der Waals surface area contributed by atoms with Crippen molar-refractivity contribution in [3.05, 3.63) is 48.5 Å². The second kappa shape index (κ2) is 11.2. The van der Waals surface area contributed by atoms with E-state index in [0.29, 0.717) is 5.69 Å². The van der Waals surface area contributed by atoms with Gasteiger partial charge in [0.15, 0.2) is 0 Å². The van der Waals surface area contributed by atoms with Gasteiger partial charge in [-0.15, -0.1) is 0 Å². The molecule has 0 saturated heterocycles. The molecular weight excluding hydrogens is 312 g/mol. The summed E-state index contributed by atoms with van der Waals surface area (Å²) in [5.41, 5.74) is 13.0. The van der Waals surface area contributed by atoms with Gasteiger partial charge in [-0.1, -0.05) is 44.2 Å². The van der Waals surface area contributed by atoms with E-state index in [1.165, 1.54) is 32.1 Å². The summed E-state index contributed by atoms with van der Waals surface area (Å²) in [5, 5.41) is 0. The Balaban J connectivity index is 1.38. The van der Waals surface area contributed by atoms with Gasteiger partial charge in [0.05, 0.1) is 18.9 Å². The first-order chi connectivity index (χ1) is 12.3. The Labute approximate surface area is 151 Å². The van der Waals surface area contributed by atoms with E-state index < -0.39 is 0 Å². The summed E-state index contributed by atoms with van der Waals surface area (Å²) in [4.78, 5) is 0. The van der Waals surface area contributed by atoms with Crippen molar-refractivity contribution in [1.82, 2.24) is 0 Å². The van der Waals surface area contributed by atoms with E-state index in [2.05, 4.69) is 0 Å². The fraction of sp³-hybridized carbons (Fsp3) is 0.429. The predicted octanol–water partition coefficient (Wildman–Crippen LogP) is 5.04. The van der Waals surface area contributed by atoms with E-state index in [4.69, 9.17) is 20.9 Å². The number of unbranched alkanes of at least 4 members (excludes halogenated alkanes) is 6. The van der Waals surface area contributed by atoms with Crippen molar-refractivity contribution >= 4 is 11.4 Å². The van der Waals surface area contributed by atoms with Crippen LogP contribution in [0.4, 0.5) is 11.4 Å². The van der Waals surface area contributed by atoms with Crippen molar-refractivity contribution < 1.29 is 9.47 Å². The summed E-state index contributed by atoms with van der Waals surface area (Å²) in [5.74, 6) is 1.69. The van der Waals surface area contributed by atoms with E-state index in [9.17, 15) is 0 Å². The lowest BCUT2D eigenvalue weighted by molar-refractivity contribution is 0.300. The third-order valence-electron chi connectivity index (χ3n) is 4.11. The van der Waals surface area contributed by atoms with Crippen LogP contribution >= 0.6 is 0 Å². The molecule has 0 aliphatic heterocycles. The molecule has 0 heterocycles. The minimum Gasteiger partial charge on any atom is -0.494 e. The molecule has 2 aromatic carbocycles. The summed E-state index contributed by atoms with van der Waals surface area (Å²) < 4.78 is 11.4. The lowest BCUT2D eigenvalue weighted by Crippen LogP contribution is -2.00. The van der Waals surface area contributed by atoms with Crippen molar-refractivity contribution in [2.45, 2.75) is 44.9 Å². The zero-order chi connectivity index (χ0) is 17.7. The number of rotatable bonds is 12. The van der Waals surface area contributed by atoms with Gasteiger partial charge in [-0.05, 0) is 49.2 Å². The molecule has 0 saturated carbocycles. The van der Waals surface area contributed by atoms with Crippen LogP contribution in [0.15, 0.2) is 48.5 Å². The van der Waals surface area contributed by atoms with Crippen molar-refractivity contribution in [3.8, 4) is 11.5 Å². The fourth-order valence-electron chi connectivity index (χ4n) is 2.64. The number of para-hydroxylation sites is 2. The Morgan fingerprint density at radius 1 is 0.600 bits per heavy atom. The Kier molecular flexibility index (Phi) is 8.53. The van der Waals surface area contributed by atoms with Gasteiger partial charge in [0.25, 0.3) is 0 Å². The van der Waals surface area contributed by atoms with Crippen LogP contribution in [0.2, 0.25) is 0 Å². The van der Waals surface area contributed by atoms with E-state index in [0.717, 1.165) is 43.2 Å². The van der Waals surface area contributed by atoms with Gasteiger partial charge in [0.2, 0.25) is 0 Å². The van der Waals surface area contributed by atoms with Crippen molar-refractivity contribution in [3.63, 3.8) is 0 Å². The number of anilines is 2. The molecule has 25 heavy (non-hydrogen) atoms. The number of nitrogens with two attached hydrogens (primary N) is 2. The minimum atomic E-state index is 0.712. The van der Waals surface area contributed by atoms with Crippen molar-refractivity contribution in [2.24, 2.45) is 0 Å². The average molecular weight is 342 g/mol. The second-order valence-electron chi connectivity index (χ2n) is 6.28. The highest BCUT2D eigenvalue weighted by Gasteiger charge is 1.98. The first-order valence-electron chi connectivity index (χ1n) is 9.21. The van der Waals surface area contributed by atoms with E-state index in [1.807, 2.05) is 48.5 Å². The first-order valence-corrected chi connectivity index (χ1v) is 9.21. The molecule has 0 amide bonds. The molecule has 136 valence electrons. The Morgan fingerprint density at radius 3 is 1.80 bits per heavy atom. The number of nitrogen functional groups attached to an aromatic ring is 2. The smallest absolute Gasteiger partial charge is 0.142 e. The van der Waals surface area contributed by atoms with Crippen LogP contribution in [0.3, 0.4) is 0 Å². The quantitative estimate of drug-likeness (QED) is 0.419. The topological polar surface area (TPSA) is 70.5 Å². The van der Waals surface area contributed by atoms with Gasteiger partial charge >= 0.3 is 0 Å². The molecule has 0 unspecified atom stereocenters. The summed E-state index contributed by atoms with van der Waals surface area (Å²) in [6.45, 7) is 1.51. The SMILES string of the molecule is Nc1ccc(OCCCCCCCCCOc2ccccc2N)cc1. The molecule has 0 atom stereocenters. The number of benzene rings is 2. The molecule has 0 radical (unpaired) electrons. The van der Waals surface area contributed by atoms with Crippen LogP contribution in [0, 0.1) is 0 Å². The molecule has 0 spiro atoms. The molecule has 4 N–H and O–H groups in total. The van der Waals surface area contributed by atoms with Gasteiger partial charge in [-0.25, -0.2) is 0 Å². The molecule has 0 aromatic heterocycles. The zero-order valence-electron chi connectivity index (χ0n) is 15.0. The van der Waals surface area contributed by atoms with E-state index in [-0.39, 0.29) is 0 Å². The maximum Gasteiger partial charge on any atom is 0.142 e. The van der Waals surface area contributed by atoms with Crippen molar-refractivity contribution in [2.75, 3.05) is 24.7 Å². The molecule has 0 aliphatic rings. The fourth-order valence-corrected chi connectivity index (χ4v) is 2.64. The third-order valence-corrected chi connectivity index (χ3v) is 4.11. The third kappa shape index (κ3) is 7.84. The summed E-state index contributed by atoms with van der Waals surface area (Å²) in [6.07, 6.45) is 8.38. The van der Waals surface area contributed by atoms with Crippen LogP contribution in [0.25, 0.3) is 0 Å². The predicted molar refractivity (Wildman–Crippen MR) is 105 cm³/mol. The van der Waals surface area contributed by atoms with Crippen LogP contribution in [0.1, 0.15) is 44.9 Å². The van der Waals surface area contributed by atoms with Gasteiger partial charge in [-0.3, -0.25) is 0 Å². The lowest BCUT2D eigenvalue weighted by Gasteiger charge is -2.08. The van der Waals surface area contributed by atoms with Crippen molar-refractivity contribution in [1.29, 1.82) is 0 Å². The first kappa shape index (κ1) is 19.0. The lowest BCUT2D eigenvalue weighted by atomic mass is 10.1. The monoisotopic (exact) mass is 342 g/mol. The van der Waals surface area contributed by atoms with E-state index in [1.54, 1.807) is 0 Å². The highest BCUT2D eigenvalue weighted by atomic mass is 16.5. The Bertz CT molecular complexity index is 599. The number of hydrogen-bond acceptors (Lipinski definition) is 4. The summed E-state index contributed by atoms with van der Waals surface area (Å²) in [6, 6.07) is 15.2. The van der Waals surface area contributed by atoms with Crippen LogP contribution in [-0.2, 0) is 0 Å². The van der Waals surface area contributed by atoms with Gasteiger partial charge in [0.1, 0.15) is 11.5 Å². The Hall–Kier alpha value is -2.36. The highest BCUT2D eigenvalue weighted by Crippen LogP contribution is 2.20. The van der Waals surface area contributed by atoms with Crippen LogP contribution < -0.4 is 20.9 Å². The van der Waals surface area contributed by atoms with Gasteiger partial charge < -0.3 is 20.9 Å². The molecule has 4 heteroatoms. The molecule has 0 aliphatic carbocycles. The summed E-state index contributed by atoms with van der Waals surface area (Å²) in [7, 11) is 0. The largest absolute Gasteiger partial charge is 0.494 e. The molecule has 0 fully saturated rings. The molecule has 0 bridgehead atoms. The minimum absolute atomic E-state index is 0.712. The van der Waals surface area contributed by atoms with Gasteiger partial charge in [-0.2, -0.15) is 0 Å². The number of hydrogen-bond donors (Lipinski definition) is 2. The van der Waals surface area contributed by atoms with E-state index >= 15 is 0 Å². The Morgan fingerprint density at radius 2 is 1.16 bits per heavy atom. The zero-order valence-corrected chi connectivity index (χ0v) is 15.0. The molecule has 2 rings (SSSR count). The standard InChI is InChI=1S/C21H30N2O2/c22-18-12-14-19(15-13-18)24-16-8-4-2-1-3-5-9-17-25-21-11-7-6-10-20(21)23/h6-7,10-15H,1-5,8-9,16-17,22-23H2. The molecule has 4 nitrogen and oxygen atoms in total. The average Bonchev–Trinajstić information content (AvgIpc) is 2.62. The number of ether oxygens (including phenoxy) is 2. The van der Waals surface area contributed by atoms with Crippen LogP contribution in [-0.4, -0.2) is 13.2 Å².